The van der Waals surface area contributed by atoms with Crippen molar-refractivity contribution in [3.05, 3.63) is 59.1 Å². The van der Waals surface area contributed by atoms with Crippen LogP contribution >= 0.6 is 11.6 Å². The molecule has 2 N–H and O–H groups in total. The van der Waals surface area contributed by atoms with E-state index in [1.807, 2.05) is 23.1 Å². The Bertz CT molecular complexity index is 1020. The second kappa shape index (κ2) is 9.56. The van der Waals surface area contributed by atoms with Gasteiger partial charge in [-0.15, -0.1) is 0 Å². The Morgan fingerprint density at radius 1 is 1.10 bits per heavy atom. The lowest BCUT2D eigenvalue weighted by molar-refractivity contribution is -0.137. The number of amides is 1. The van der Waals surface area contributed by atoms with Crippen molar-refractivity contribution in [1.82, 2.24) is 9.62 Å². The van der Waals surface area contributed by atoms with E-state index in [2.05, 4.69) is 10.0 Å². The van der Waals surface area contributed by atoms with Crippen molar-refractivity contribution in [2.45, 2.75) is 30.0 Å². The summed E-state index contributed by atoms with van der Waals surface area (Å²) in [6.07, 6.45) is -3.86. The SMILES string of the molecule is O=C(CN1CCC(NS(=O)(=O)c2cc(C(F)(F)F)ccc2Cl)CC1)Nc1ccccc1. The molecule has 0 spiro atoms. The number of carbonyl (C=O) groups excluding carboxylic acids is 1. The number of nitrogens with one attached hydrogen (secondary N) is 2. The third-order valence-corrected chi connectivity index (χ3v) is 6.88. The normalized spacial score (nSPS) is 16.3. The van der Waals surface area contributed by atoms with E-state index in [0.717, 1.165) is 12.1 Å². The van der Waals surface area contributed by atoms with Gasteiger partial charge < -0.3 is 5.32 Å². The Labute approximate surface area is 183 Å². The van der Waals surface area contributed by atoms with Gasteiger partial charge in [-0.1, -0.05) is 29.8 Å². The number of nitrogens with zero attached hydrogens (tertiary/aromatic N) is 1. The quantitative estimate of drug-likeness (QED) is 0.667. The molecule has 0 saturated carbocycles. The van der Waals surface area contributed by atoms with Crippen molar-refractivity contribution >= 4 is 33.2 Å². The van der Waals surface area contributed by atoms with Crippen LogP contribution in [0.15, 0.2) is 53.4 Å². The van der Waals surface area contributed by atoms with Crippen LogP contribution in [0.25, 0.3) is 0 Å². The predicted molar refractivity (Wildman–Crippen MR) is 111 cm³/mol. The molecule has 1 amide bonds. The largest absolute Gasteiger partial charge is 0.416 e. The number of rotatable bonds is 6. The predicted octanol–water partition coefficient (Wildman–Crippen LogP) is 3.74. The Hall–Kier alpha value is -2.14. The van der Waals surface area contributed by atoms with E-state index in [1.54, 1.807) is 12.1 Å². The second-order valence-corrected chi connectivity index (χ2v) is 9.32. The number of piperidine rings is 1. The van der Waals surface area contributed by atoms with Crippen molar-refractivity contribution in [3.63, 3.8) is 0 Å². The van der Waals surface area contributed by atoms with Crippen LogP contribution in [0.5, 0.6) is 0 Å². The smallest absolute Gasteiger partial charge is 0.325 e. The number of sulfonamides is 1. The minimum Gasteiger partial charge on any atom is -0.325 e. The summed E-state index contributed by atoms with van der Waals surface area (Å²) in [5.41, 5.74) is -0.398. The minimum absolute atomic E-state index is 0.161. The summed E-state index contributed by atoms with van der Waals surface area (Å²) >= 11 is 5.86. The highest BCUT2D eigenvalue weighted by Gasteiger charge is 2.33. The first-order chi connectivity index (χ1) is 14.5. The van der Waals surface area contributed by atoms with Gasteiger partial charge in [-0.05, 0) is 43.2 Å². The van der Waals surface area contributed by atoms with Crippen LogP contribution in [0.3, 0.4) is 0 Å². The van der Waals surface area contributed by atoms with Crippen molar-refractivity contribution in [2.24, 2.45) is 0 Å². The summed E-state index contributed by atoms with van der Waals surface area (Å²) in [7, 11) is -4.23. The number of likely N-dealkylation sites (tertiary alicyclic amines) is 1. The Morgan fingerprint density at radius 2 is 1.74 bits per heavy atom. The van der Waals surface area contributed by atoms with Crippen LogP contribution in [0.4, 0.5) is 18.9 Å². The van der Waals surface area contributed by atoms with Gasteiger partial charge in [0.15, 0.2) is 0 Å². The first-order valence-corrected chi connectivity index (χ1v) is 11.4. The molecule has 2 aromatic carbocycles. The molecule has 31 heavy (non-hydrogen) atoms. The number of para-hydroxylation sites is 1. The van der Waals surface area contributed by atoms with Crippen LogP contribution in [0, 0.1) is 0 Å². The third-order valence-electron chi connectivity index (χ3n) is 4.88. The van der Waals surface area contributed by atoms with E-state index in [-0.39, 0.29) is 17.5 Å². The number of hydrogen-bond donors (Lipinski definition) is 2. The van der Waals surface area contributed by atoms with Crippen LogP contribution < -0.4 is 10.0 Å². The maximum Gasteiger partial charge on any atom is 0.416 e. The molecular formula is C20H21ClF3N3O3S. The molecule has 3 rings (SSSR count). The highest BCUT2D eigenvalue weighted by atomic mass is 35.5. The van der Waals surface area contributed by atoms with E-state index in [9.17, 15) is 26.4 Å². The van der Waals surface area contributed by atoms with Crippen molar-refractivity contribution in [1.29, 1.82) is 0 Å². The van der Waals surface area contributed by atoms with E-state index >= 15 is 0 Å². The highest BCUT2D eigenvalue weighted by Crippen LogP contribution is 2.33. The van der Waals surface area contributed by atoms with Crippen LogP contribution in [0.1, 0.15) is 18.4 Å². The van der Waals surface area contributed by atoms with E-state index in [4.69, 9.17) is 11.6 Å². The Kier molecular flexibility index (Phi) is 7.25. The van der Waals surface area contributed by atoms with Crippen molar-refractivity contribution < 1.29 is 26.4 Å². The molecule has 2 aromatic rings. The van der Waals surface area contributed by atoms with Gasteiger partial charge in [0.2, 0.25) is 15.9 Å². The number of hydrogen-bond acceptors (Lipinski definition) is 4. The number of halogens is 4. The van der Waals surface area contributed by atoms with Crippen molar-refractivity contribution in [3.8, 4) is 0 Å². The zero-order valence-electron chi connectivity index (χ0n) is 16.3. The summed E-state index contributed by atoms with van der Waals surface area (Å²) in [6.45, 7) is 1.09. The van der Waals surface area contributed by atoms with Gasteiger partial charge in [0.25, 0.3) is 0 Å². The lowest BCUT2D eigenvalue weighted by Crippen LogP contribution is -2.46. The lowest BCUT2D eigenvalue weighted by atomic mass is 10.1. The Morgan fingerprint density at radius 3 is 2.35 bits per heavy atom. The molecule has 0 unspecified atom stereocenters. The molecule has 1 fully saturated rings. The maximum absolute atomic E-state index is 12.9. The van der Waals surface area contributed by atoms with Gasteiger partial charge in [0.05, 0.1) is 17.1 Å². The topological polar surface area (TPSA) is 78.5 Å². The fourth-order valence-electron chi connectivity index (χ4n) is 3.30. The van der Waals surface area contributed by atoms with Crippen molar-refractivity contribution in [2.75, 3.05) is 25.0 Å². The average molecular weight is 476 g/mol. The highest BCUT2D eigenvalue weighted by molar-refractivity contribution is 7.89. The molecule has 1 saturated heterocycles. The number of anilines is 1. The van der Waals surface area contributed by atoms with E-state index in [0.29, 0.717) is 37.7 Å². The molecule has 1 aliphatic heterocycles. The van der Waals surface area contributed by atoms with Crippen LogP contribution in [-0.4, -0.2) is 44.9 Å². The second-order valence-electron chi connectivity index (χ2n) is 7.23. The van der Waals surface area contributed by atoms with Crippen LogP contribution in [-0.2, 0) is 21.0 Å². The molecular weight excluding hydrogens is 455 g/mol. The molecule has 0 aromatic heterocycles. The van der Waals surface area contributed by atoms with Gasteiger partial charge in [-0.3, -0.25) is 9.69 Å². The number of benzene rings is 2. The fourth-order valence-corrected chi connectivity index (χ4v) is 5.13. The van der Waals surface area contributed by atoms with Gasteiger partial charge in [-0.2, -0.15) is 13.2 Å². The molecule has 0 aliphatic carbocycles. The van der Waals surface area contributed by atoms with Crippen LogP contribution in [0.2, 0.25) is 5.02 Å². The molecule has 168 valence electrons. The zero-order valence-corrected chi connectivity index (χ0v) is 17.9. The van der Waals surface area contributed by atoms with Gasteiger partial charge in [-0.25, -0.2) is 13.1 Å². The summed E-state index contributed by atoms with van der Waals surface area (Å²) in [5.74, 6) is -0.180. The number of alkyl halides is 3. The van der Waals surface area contributed by atoms with E-state index < -0.39 is 32.7 Å². The summed E-state index contributed by atoms with van der Waals surface area (Å²) in [4.78, 5) is 13.4. The summed E-state index contributed by atoms with van der Waals surface area (Å²) < 4.78 is 66.5. The lowest BCUT2D eigenvalue weighted by Gasteiger charge is -2.31. The molecule has 0 atom stereocenters. The number of carbonyl (C=O) groups is 1. The summed E-state index contributed by atoms with van der Waals surface area (Å²) in [5, 5.41) is 2.50. The first-order valence-electron chi connectivity index (χ1n) is 9.51. The molecule has 11 heteroatoms. The molecule has 6 nitrogen and oxygen atoms in total. The third kappa shape index (κ3) is 6.42. The fraction of sp³-hybridized carbons (Fsp3) is 0.350. The maximum atomic E-state index is 12.9. The molecule has 1 aliphatic rings. The average Bonchev–Trinajstić information content (AvgIpc) is 2.69. The zero-order chi connectivity index (χ0) is 22.6. The van der Waals surface area contributed by atoms with E-state index in [1.165, 1.54) is 0 Å². The first kappa shape index (κ1) is 23.5. The monoisotopic (exact) mass is 475 g/mol. The molecule has 0 radical (unpaired) electrons. The van der Waals surface area contributed by atoms with Gasteiger partial charge in [0.1, 0.15) is 4.90 Å². The van der Waals surface area contributed by atoms with Gasteiger partial charge >= 0.3 is 6.18 Å². The molecule has 1 heterocycles. The molecule has 0 bridgehead atoms. The minimum atomic E-state index is -4.68. The Balaban J connectivity index is 1.56. The standard InChI is InChI=1S/C20H21ClF3N3O3S/c21-17-7-6-14(20(22,23)24)12-18(17)31(29,30)26-16-8-10-27(11-9-16)13-19(28)25-15-4-2-1-3-5-15/h1-7,12,16,26H,8-11,13H2,(H,25,28). The van der Waals surface area contributed by atoms with Gasteiger partial charge in [0, 0.05) is 24.8 Å². The summed E-state index contributed by atoms with van der Waals surface area (Å²) in [6, 6.07) is 10.7.